The number of hydrogen-bond acceptors (Lipinski definition) is 7. The molecule has 0 saturated carbocycles. The summed E-state index contributed by atoms with van der Waals surface area (Å²) in [6.45, 7) is 0.417. The highest BCUT2D eigenvalue weighted by molar-refractivity contribution is 5.91. The number of nitriles is 1. The standard InChI is InChI=1S/C25H16N4O3/c26-13-20-25(28-15-16-6-5-11-27-14-16)32-24(29-20)19-10-4-9-18-21(30)12-22(31-23(18)19)17-7-2-1-3-8-17/h1-12,14,28H,15H2. The van der Waals surface area contributed by atoms with Crippen molar-refractivity contribution in [3.05, 3.63) is 101 Å². The summed E-state index contributed by atoms with van der Waals surface area (Å²) in [4.78, 5) is 21.2. The van der Waals surface area contributed by atoms with Crippen LogP contribution in [0.4, 0.5) is 5.88 Å². The Morgan fingerprint density at radius 3 is 2.66 bits per heavy atom. The summed E-state index contributed by atoms with van der Waals surface area (Å²) in [6, 6.07) is 21.8. The predicted octanol–water partition coefficient (Wildman–Crippen LogP) is 4.99. The molecule has 0 atom stereocenters. The van der Waals surface area contributed by atoms with Gasteiger partial charge in [-0.1, -0.05) is 42.5 Å². The van der Waals surface area contributed by atoms with Gasteiger partial charge in [-0.05, 0) is 23.8 Å². The number of aromatic nitrogens is 2. The first-order valence-electron chi connectivity index (χ1n) is 9.89. The summed E-state index contributed by atoms with van der Waals surface area (Å²) in [7, 11) is 0. The van der Waals surface area contributed by atoms with Crippen molar-refractivity contribution in [2.75, 3.05) is 5.32 Å². The molecule has 0 aliphatic carbocycles. The van der Waals surface area contributed by atoms with Crippen LogP contribution in [0.25, 0.3) is 33.7 Å². The van der Waals surface area contributed by atoms with Crippen molar-refractivity contribution in [2.45, 2.75) is 6.54 Å². The van der Waals surface area contributed by atoms with Crippen molar-refractivity contribution >= 4 is 16.9 Å². The summed E-state index contributed by atoms with van der Waals surface area (Å²) in [6.07, 6.45) is 3.41. The van der Waals surface area contributed by atoms with E-state index in [-0.39, 0.29) is 22.9 Å². The first-order valence-corrected chi connectivity index (χ1v) is 9.89. The van der Waals surface area contributed by atoms with Gasteiger partial charge in [-0.25, -0.2) is 0 Å². The van der Waals surface area contributed by atoms with Gasteiger partial charge < -0.3 is 14.2 Å². The second-order valence-corrected chi connectivity index (χ2v) is 7.05. The Morgan fingerprint density at radius 2 is 1.88 bits per heavy atom. The van der Waals surface area contributed by atoms with E-state index < -0.39 is 0 Å². The molecule has 3 aromatic heterocycles. The highest BCUT2D eigenvalue weighted by Gasteiger charge is 2.19. The monoisotopic (exact) mass is 420 g/mol. The minimum Gasteiger partial charge on any atom is -0.455 e. The molecule has 0 amide bonds. The molecule has 7 heteroatoms. The number of nitrogens with zero attached hydrogens (tertiary/aromatic N) is 3. The topological polar surface area (TPSA) is 105 Å². The molecule has 0 bridgehead atoms. The van der Waals surface area contributed by atoms with Crippen LogP contribution in [0, 0.1) is 11.3 Å². The van der Waals surface area contributed by atoms with E-state index in [0.717, 1.165) is 11.1 Å². The molecular formula is C25H16N4O3. The third-order valence-electron chi connectivity index (χ3n) is 4.95. The fraction of sp³-hybridized carbons (Fsp3) is 0.0400. The normalized spacial score (nSPS) is 10.7. The van der Waals surface area contributed by atoms with E-state index in [1.54, 1.807) is 30.6 Å². The minimum atomic E-state index is -0.172. The summed E-state index contributed by atoms with van der Waals surface area (Å²) < 4.78 is 12.0. The molecule has 0 aliphatic heterocycles. The molecule has 7 nitrogen and oxygen atoms in total. The van der Waals surface area contributed by atoms with Gasteiger partial charge in [0.15, 0.2) is 11.0 Å². The molecule has 5 aromatic rings. The van der Waals surface area contributed by atoms with Gasteiger partial charge in [0, 0.05) is 30.6 Å². The van der Waals surface area contributed by atoms with E-state index in [9.17, 15) is 10.1 Å². The molecule has 0 unspecified atom stereocenters. The number of rotatable bonds is 5. The smallest absolute Gasteiger partial charge is 0.233 e. The van der Waals surface area contributed by atoms with Crippen LogP contribution >= 0.6 is 0 Å². The van der Waals surface area contributed by atoms with E-state index in [2.05, 4.69) is 15.3 Å². The van der Waals surface area contributed by atoms with Gasteiger partial charge in [0.25, 0.3) is 0 Å². The summed E-state index contributed by atoms with van der Waals surface area (Å²) in [5.74, 6) is 0.872. The Hall–Kier alpha value is -4.70. The van der Waals surface area contributed by atoms with E-state index >= 15 is 0 Å². The molecule has 3 heterocycles. The maximum atomic E-state index is 12.8. The zero-order valence-corrected chi connectivity index (χ0v) is 16.8. The van der Waals surface area contributed by atoms with Crippen LogP contribution in [0.15, 0.2) is 92.8 Å². The molecule has 5 rings (SSSR count). The highest BCUT2D eigenvalue weighted by atomic mass is 16.4. The number of pyridine rings is 1. The van der Waals surface area contributed by atoms with Crippen LogP contribution in [-0.4, -0.2) is 9.97 Å². The number of para-hydroxylation sites is 1. The number of fused-ring (bicyclic) bond motifs is 1. The SMILES string of the molecule is N#Cc1nc(-c2cccc3c(=O)cc(-c4ccccc4)oc23)oc1NCc1cccnc1. The Morgan fingerprint density at radius 1 is 1.00 bits per heavy atom. The fourth-order valence-electron chi connectivity index (χ4n) is 3.41. The second kappa shape index (κ2) is 8.20. The molecule has 2 aromatic carbocycles. The molecule has 0 saturated heterocycles. The van der Waals surface area contributed by atoms with Gasteiger partial charge in [-0.15, -0.1) is 0 Å². The van der Waals surface area contributed by atoms with Crippen LogP contribution in [-0.2, 0) is 6.54 Å². The van der Waals surface area contributed by atoms with Gasteiger partial charge in [-0.3, -0.25) is 9.78 Å². The van der Waals surface area contributed by atoms with Gasteiger partial charge >= 0.3 is 0 Å². The molecule has 1 N–H and O–H groups in total. The van der Waals surface area contributed by atoms with Gasteiger partial charge in [-0.2, -0.15) is 10.2 Å². The Kier molecular flexibility index (Phi) is 4.94. The lowest BCUT2D eigenvalue weighted by Crippen LogP contribution is -2.01. The number of anilines is 1. The molecule has 0 radical (unpaired) electrons. The fourth-order valence-corrected chi connectivity index (χ4v) is 3.41. The quantitative estimate of drug-likeness (QED) is 0.427. The van der Waals surface area contributed by atoms with E-state index in [1.165, 1.54) is 6.07 Å². The first kappa shape index (κ1) is 19.3. The van der Waals surface area contributed by atoms with Gasteiger partial charge in [0.1, 0.15) is 11.8 Å². The van der Waals surface area contributed by atoms with E-state index in [0.29, 0.717) is 28.8 Å². The Labute approximate surface area is 182 Å². The second-order valence-electron chi connectivity index (χ2n) is 7.05. The van der Waals surface area contributed by atoms with Crippen LogP contribution in [0.1, 0.15) is 11.3 Å². The molecule has 0 fully saturated rings. The molecule has 0 aliphatic rings. The largest absolute Gasteiger partial charge is 0.455 e. The number of oxazole rings is 1. The van der Waals surface area contributed by atoms with Crippen molar-refractivity contribution in [1.82, 2.24) is 9.97 Å². The summed E-state index contributed by atoms with van der Waals surface area (Å²) >= 11 is 0. The van der Waals surface area contributed by atoms with Crippen LogP contribution in [0.3, 0.4) is 0 Å². The van der Waals surface area contributed by atoms with Crippen LogP contribution in [0.5, 0.6) is 0 Å². The van der Waals surface area contributed by atoms with E-state index in [4.69, 9.17) is 8.83 Å². The first-order chi connectivity index (χ1) is 15.7. The average Bonchev–Trinajstić information content (AvgIpc) is 3.26. The van der Waals surface area contributed by atoms with Crippen molar-refractivity contribution in [2.24, 2.45) is 0 Å². The Balaban J connectivity index is 1.59. The van der Waals surface area contributed by atoms with Gasteiger partial charge in [0.05, 0.1) is 10.9 Å². The van der Waals surface area contributed by atoms with Crippen LogP contribution in [0.2, 0.25) is 0 Å². The lowest BCUT2D eigenvalue weighted by Gasteiger charge is -2.06. The van der Waals surface area contributed by atoms with Crippen molar-refractivity contribution in [3.63, 3.8) is 0 Å². The lowest BCUT2D eigenvalue weighted by atomic mass is 10.1. The maximum Gasteiger partial charge on any atom is 0.233 e. The van der Waals surface area contributed by atoms with Crippen molar-refractivity contribution < 1.29 is 8.83 Å². The number of benzene rings is 2. The third-order valence-corrected chi connectivity index (χ3v) is 4.95. The van der Waals surface area contributed by atoms with Gasteiger partial charge in [0.2, 0.25) is 17.5 Å². The van der Waals surface area contributed by atoms with Crippen molar-refractivity contribution in [1.29, 1.82) is 5.26 Å². The minimum absolute atomic E-state index is 0.113. The van der Waals surface area contributed by atoms with Crippen LogP contribution < -0.4 is 10.7 Å². The number of nitrogens with one attached hydrogen (secondary N) is 1. The average molecular weight is 420 g/mol. The van der Waals surface area contributed by atoms with Crippen molar-refractivity contribution in [3.8, 4) is 28.8 Å². The number of hydrogen-bond donors (Lipinski definition) is 1. The molecule has 32 heavy (non-hydrogen) atoms. The zero-order valence-electron chi connectivity index (χ0n) is 16.8. The maximum absolute atomic E-state index is 12.8. The molecule has 154 valence electrons. The summed E-state index contributed by atoms with van der Waals surface area (Å²) in [5.41, 5.74) is 2.49. The predicted molar refractivity (Wildman–Crippen MR) is 120 cm³/mol. The zero-order chi connectivity index (χ0) is 21.9. The lowest BCUT2D eigenvalue weighted by molar-refractivity contribution is 0.579. The molecular weight excluding hydrogens is 404 g/mol. The highest BCUT2D eigenvalue weighted by Crippen LogP contribution is 2.32. The molecule has 0 spiro atoms. The summed E-state index contributed by atoms with van der Waals surface area (Å²) in [5, 5.41) is 13.0. The third kappa shape index (κ3) is 3.61. The Bertz CT molecular complexity index is 1500. The van der Waals surface area contributed by atoms with E-state index in [1.807, 2.05) is 48.5 Å².